The first-order valence-electron chi connectivity index (χ1n) is 7.80. The first kappa shape index (κ1) is 17.3. The number of carbonyl (C=O) groups is 1. The molecule has 0 saturated heterocycles. The standard InChI is InChI=1S/C17H26O4/c1-2-3-4-5-6-7-12-21-17(20)11-9-14-8-10-15(18)16(19)13-14/h8,10,13,18-19H,2-7,9,11-12H2,1H3. The van der Waals surface area contributed by atoms with Crippen molar-refractivity contribution < 1.29 is 19.7 Å². The third kappa shape index (κ3) is 7.59. The Hall–Kier alpha value is -1.71. The lowest BCUT2D eigenvalue weighted by atomic mass is 10.1. The molecule has 2 N–H and O–H groups in total. The monoisotopic (exact) mass is 294 g/mol. The van der Waals surface area contributed by atoms with Crippen molar-refractivity contribution in [3.8, 4) is 11.5 Å². The largest absolute Gasteiger partial charge is 0.504 e. The molecule has 1 aromatic carbocycles. The molecule has 0 aliphatic heterocycles. The number of phenols is 2. The van der Waals surface area contributed by atoms with Gasteiger partial charge in [-0.05, 0) is 30.5 Å². The topological polar surface area (TPSA) is 66.8 Å². The van der Waals surface area contributed by atoms with Gasteiger partial charge in [-0.25, -0.2) is 0 Å². The van der Waals surface area contributed by atoms with Crippen molar-refractivity contribution in [2.45, 2.75) is 58.3 Å². The maximum absolute atomic E-state index is 11.6. The maximum Gasteiger partial charge on any atom is 0.306 e. The lowest BCUT2D eigenvalue weighted by molar-refractivity contribution is -0.143. The molecule has 0 amide bonds. The molecule has 0 aromatic heterocycles. The fraction of sp³-hybridized carbons (Fsp3) is 0.588. The average molecular weight is 294 g/mol. The van der Waals surface area contributed by atoms with Crippen LogP contribution in [0.4, 0.5) is 0 Å². The Morgan fingerprint density at radius 1 is 1.05 bits per heavy atom. The van der Waals surface area contributed by atoms with Gasteiger partial charge in [0.1, 0.15) is 0 Å². The molecule has 0 aliphatic rings. The number of esters is 1. The lowest BCUT2D eigenvalue weighted by Crippen LogP contribution is -2.07. The molecule has 0 unspecified atom stereocenters. The normalized spacial score (nSPS) is 10.5. The van der Waals surface area contributed by atoms with Crippen LogP contribution >= 0.6 is 0 Å². The number of carbonyl (C=O) groups excluding carboxylic acids is 1. The van der Waals surface area contributed by atoms with Crippen LogP contribution in [0.1, 0.15) is 57.4 Å². The SMILES string of the molecule is CCCCCCCCOC(=O)CCc1ccc(O)c(O)c1. The van der Waals surface area contributed by atoms with Crippen molar-refractivity contribution in [1.82, 2.24) is 0 Å². The van der Waals surface area contributed by atoms with Crippen LogP contribution < -0.4 is 0 Å². The van der Waals surface area contributed by atoms with Crippen molar-refractivity contribution in [2.75, 3.05) is 6.61 Å². The minimum atomic E-state index is -0.212. The highest BCUT2D eigenvalue weighted by Crippen LogP contribution is 2.25. The van der Waals surface area contributed by atoms with E-state index in [2.05, 4.69) is 6.92 Å². The highest BCUT2D eigenvalue weighted by atomic mass is 16.5. The number of aryl methyl sites for hydroxylation is 1. The van der Waals surface area contributed by atoms with Crippen LogP contribution in [0, 0.1) is 0 Å². The van der Waals surface area contributed by atoms with Crippen LogP contribution in [0.25, 0.3) is 0 Å². The molecule has 0 saturated carbocycles. The Labute approximate surface area is 126 Å². The first-order valence-corrected chi connectivity index (χ1v) is 7.80. The Morgan fingerprint density at radius 2 is 1.76 bits per heavy atom. The summed E-state index contributed by atoms with van der Waals surface area (Å²) in [5.41, 5.74) is 0.807. The number of benzene rings is 1. The summed E-state index contributed by atoms with van der Waals surface area (Å²) in [6, 6.07) is 4.58. The second-order valence-corrected chi connectivity index (χ2v) is 5.31. The highest BCUT2D eigenvalue weighted by Gasteiger charge is 2.06. The number of rotatable bonds is 10. The lowest BCUT2D eigenvalue weighted by Gasteiger charge is -2.06. The van der Waals surface area contributed by atoms with Gasteiger partial charge in [0.15, 0.2) is 11.5 Å². The molecule has 118 valence electrons. The summed E-state index contributed by atoms with van der Waals surface area (Å²) in [4.78, 5) is 11.6. The van der Waals surface area contributed by atoms with Crippen LogP contribution in [-0.2, 0) is 16.0 Å². The van der Waals surface area contributed by atoms with E-state index in [0.29, 0.717) is 19.4 Å². The van der Waals surface area contributed by atoms with Crippen molar-refractivity contribution >= 4 is 5.97 Å². The Balaban J connectivity index is 2.09. The number of hydrogen-bond acceptors (Lipinski definition) is 4. The minimum Gasteiger partial charge on any atom is -0.504 e. The number of ether oxygens (including phenoxy) is 1. The van der Waals surface area contributed by atoms with Crippen LogP contribution in [0.2, 0.25) is 0 Å². The summed E-state index contributed by atoms with van der Waals surface area (Å²) in [6.45, 7) is 2.68. The van der Waals surface area contributed by atoms with Gasteiger partial charge >= 0.3 is 5.97 Å². The number of aromatic hydroxyl groups is 2. The molecule has 0 bridgehead atoms. The van der Waals surface area contributed by atoms with E-state index >= 15 is 0 Å². The van der Waals surface area contributed by atoms with Gasteiger partial charge in [0.05, 0.1) is 6.61 Å². The van der Waals surface area contributed by atoms with Crippen LogP contribution in [-0.4, -0.2) is 22.8 Å². The smallest absolute Gasteiger partial charge is 0.306 e. The van der Waals surface area contributed by atoms with Gasteiger partial charge < -0.3 is 14.9 Å². The van der Waals surface area contributed by atoms with Crippen molar-refractivity contribution in [3.05, 3.63) is 23.8 Å². The predicted octanol–water partition coefficient (Wildman–Crippen LogP) is 3.93. The van der Waals surface area contributed by atoms with E-state index in [4.69, 9.17) is 4.74 Å². The number of phenolic OH excluding ortho intramolecular Hbond substituents is 2. The van der Waals surface area contributed by atoms with Gasteiger partial charge in [-0.2, -0.15) is 0 Å². The van der Waals surface area contributed by atoms with Gasteiger partial charge in [-0.1, -0.05) is 45.1 Å². The zero-order valence-electron chi connectivity index (χ0n) is 12.8. The van der Waals surface area contributed by atoms with Gasteiger partial charge in [-0.15, -0.1) is 0 Å². The fourth-order valence-electron chi connectivity index (χ4n) is 2.11. The Kier molecular flexibility index (Phi) is 8.32. The average Bonchev–Trinajstić information content (AvgIpc) is 2.47. The molecular weight excluding hydrogens is 268 g/mol. The number of hydrogen-bond donors (Lipinski definition) is 2. The quantitative estimate of drug-likeness (QED) is 0.390. The van der Waals surface area contributed by atoms with Gasteiger partial charge in [0.25, 0.3) is 0 Å². The van der Waals surface area contributed by atoms with E-state index in [9.17, 15) is 15.0 Å². The molecule has 1 rings (SSSR count). The summed E-state index contributed by atoms with van der Waals surface area (Å²) in [6.07, 6.45) is 7.81. The fourth-order valence-corrected chi connectivity index (χ4v) is 2.11. The highest BCUT2D eigenvalue weighted by molar-refractivity contribution is 5.69. The van der Waals surface area contributed by atoms with E-state index < -0.39 is 0 Å². The maximum atomic E-state index is 11.6. The molecule has 0 atom stereocenters. The molecule has 0 fully saturated rings. The van der Waals surface area contributed by atoms with Crippen molar-refractivity contribution in [2.24, 2.45) is 0 Å². The van der Waals surface area contributed by atoms with E-state index in [1.54, 1.807) is 6.07 Å². The Bertz CT molecular complexity index is 429. The molecular formula is C17H26O4. The zero-order valence-corrected chi connectivity index (χ0v) is 12.8. The van der Waals surface area contributed by atoms with E-state index in [1.165, 1.54) is 37.8 Å². The molecule has 0 radical (unpaired) electrons. The van der Waals surface area contributed by atoms with Gasteiger partial charge in [-0.3, -0.25) is 4.79 Å². The molecule has 0 spiro atoms. The minimum absolute atomic E-state index is 0.149. The Morgan fingerprint density at radius 3 is 2.48 bits per heavy atom. The predicted molar refractivity (Wildman–Crippen MR) is 82.4 cm³/mol. The van der Waals surface area contributed by atoms with E-state index in [0.717, 1.165) is 18.4 Å². The summed E-state index contributed by atoms with van der Waals surface area (Å²) < 4.78 is 5.17. The molecule has 0 heterocycles. The third-order valence-electron chi connectivity index (χ3n) is 3.42. The molecule has 0 aliphatic carbocycles. The van der Waals surface area contributed by atoms with E-state index in [-0.39, 0.29) is 17.5 Å². The van der Waals surface area contributed by atoms with Gasteiger partial charge in [0, 0.05) is 6.42 Å². The van der Waals surface area contributed by atoms with E-state index in [1.807, 2.05) is 0 Å². The number of unbranched alkanes of at least 4 members (excludes halogenated alkanes) is 5. The first-order chi connectivity index (χ1) is 10.1. The molecule has 4 heteroatoms. The van der Waals surface area contributed by atoms with Gasteiger partial charge in [0.2, 0.25) is 0 Å². The van der Waals surface area contributed by atoms with Crippen LogP contribution in [0.5, 0.6) is 11.5 Å². The molecule has 21 heavy (non-hydrogen) atoms. The summed E-state index contributed by atoms with van der Waals surface area (Å²) in [7, 11) is 0. The summed E-state index contributed by atoms with van der Waals surface area (Å²) in [5, 5.41) is 18.6. The second kappa shape index (κ2) is 10.1. The zero-order chi connectivity index (χ0) is 15.5. The van der Waals surface area contributed by atoms with Crippen LogP contribution in [0.3, 0.4) is 0 Å². The van der Waals surface area contributed by atoms with Crippen LogP contribution in [0.15, 0.2) is 18.2 Å². The second-order valence-electron chi connectivity index (χ2n) is 5.31. The van der Waals surface area contributed by atoms with Crippen molar-refractivity contribution in [3.63, 3.8) is 0 Å². The molecule has 4 nitrogen and oxygen atoms in total. The third-order valence-corrected chi connectivity index (χ3v) is 3.42. The summed E-state index contributed by atoms with van der Waals surface area (Å²) in [5.74, 6) is -0.520. The van der Waals surface area contributed by atoms with Crippen molar-refractivity contribution in [1.29, 1.82) is 0 Å². The molecule has 1 aromatic rings. The summed E-state index contributed by atoms with van der Waals surface area (Å²) >= 11 is 0.